The summed E-state index contributed by atoms with van der Waals surface area (Å²) in [6, 6.07) is 12.3. The van der Waals surface area contributed by atoms with Crippen molar-refractivity contribution in [1.82, 2.24) is 4.90 Å². The summed E-state index contributed by atoms with van der Waals surface area (Å²) in [5.74, 6) is 0.0860. The Morgan fingerprint density at radius 1 is 1.11 bits per heavy atom. The molecular weight excluding hydrogens is 417 g/mol. The van der Waals surface area contributed by atoms with Crippen molar-refractivity contribution in [1.29, 1.82) is 0 Å². The van der Waals surface area contributed by atoms with Gasteiger partial charge in [0.1, 0.15) is 0 Å². The van der Waals surface area contributed by atoms with Gasteiger partial charge in [0.25, 0.3) is 0 Å². The van der Waals surface area contributed by atoms with Gasteiger partial charge in [0, 0.05) is 19.0 Å². The van der Waals surface area contributed by atoms with E-state index in [1.54, 1.807) is 30.3 Å². The predicted molar refractivity (Wildman–Crippen MR) is 117 cm³/mol. The lowest BCUT2D eigenvalue weighted by molar-refractivity contribution is 0.336. The van der Waals surface area contributed by atoms with Crippen molar-refractivity contribution in [3.05, 3.63) is 58.1 Å². The molecule has 28 heavy (non-hydrogen) atoms. The lowest BCUT2D eigenvalue weighted by atomic mass is 10.1. The van der Waals surface area contributed by atoms with Crippen LogP contribution in [0, 0.1) is 0 Å². The third kappa shape index (κ3) is 4.69. The molecule has 0 aliphatic carbocycles. The Morgan fingerprint density at radius 3 is 2.39 bits per heavy atom. The van der Waals surface area contributed by atoms with Crippen LogP contribution in [-0.4, -0.2) is 51.5 Å². The van der Waals surface area contributed by atoms with E-state index in [-0.39, 0.29) is 11.8 Å². The smallest absolute Gasteiger partial charge is 0.179 e. The quantitative estimate of drug-likeness (QED) is 0.671. The highest BCUT2D eigenvalue weighted by atomic mass is 35.5. The van der Waals surface area contributed by atoms with Gasteiger partial charge in [0.2, 0.25) is 0 Å². The molecule has 150 valence electrons. The fraction of sp³-hybridized carbons (Fsp3) is 0.350. The number of hydrogen-bond donors (Lipinski definition) is 0. The molecule has 3 rings (SSSR count). The van der Waals surface area contributed by atoms with Crippen molar-refractivity contribution in [2.45, 2.75) is 24.3 Å². The molecule has 0 bridgehead atoms. The van der Waals surface area contributed by atoms with Crippen molar-refractivity contribution < 1.29 is 8.42 Å². The molecule has 0 radical (unpaired) electrons. The number of rotatable bonds is 6. The van der Waals surface area contributed by atoms with Gasteiger partial charge in [-0.05, 0) is 63.0 Å². The lowest BCUT2D eigenvalue weighted by Gasteiger charge is -2.20. The van der Waals surface area contributed by atoms with E-state index in [0.717, 1.165) is 29.9 Å². The highest BCUT2D eigenvalue weighted by Crippen LogP contribution is 2.27. The average molecular weight is 440 g/mol. The summed E-state index contributed by atoms with van der Waals surface area (Å²) >= 11 is 12.1. The lowest BCUT2D eigenvalue weighted by Crippen LogP contribution is -2.32. The molecule has 2 aromatic rings. The van der Waals surface area contributed by atoms with E-state index in [2.05, 4.69) is 5.10 Å². The molecule has 2 aromatic carbocycles. The number of benzene rings is 2. The normalized spacial score (nSPS) is 15.8. The Bertz CT molecular complexity index is 989. The Hall–Kier alpha value is -1.60. The molecular formula is C20H23Cl2N3O2S. The predicted octanol–water partition coefficient (Wildman–Crippen LogP) is 4.33. The van der Waals surface area contributed by atoms with Crippen molar-refractivity contribution in [2.24, 2.45) is 5.10 Å². The number of hydrogen-bond acceptors (Lipinski definition) is 5. The van der Waals surface area contributed by atoms with Crippen LogP contribution in [0.15, 0.2) is 52.5 Å². The van der Waals surface area contributed by atoms with Crippen molar-refractivity contribution in [2.75, 3.05) is 31.4 Å². The van der Waals surface area contributed by atoms with Crippen LogP contribution in [0.5, 0.6) is 0 Å². The van der Waals surface area contributed by atoms with E-state index in [4.69, 9.17) is 23.2 Å². The maximum Gasteiger partial charge on any atom is 0.179 e. The molecule has 0 spiro atoms. The molecule has 0 N–H and O–H groups in total. The SMILES string of the molecule is CC(CS(=O)(=O)c1ccc(N2CCC(c3ccc(Cl)c(Cl)c3)=N2)cc1)N(C)C. The maximum atomic E-state index is 12.6. The van der Waals surface area contributed by atoms with Gasteiger partial charge in [-0.15, -0.1) is 0 Å². The van der Waals surface area contributed by atoms with E-state index in [1.165, 1.54) is 0 Å². The van der Waals surface area contributed by atoms with E-state index in [9.17, 15) is 8.42 Å². The van der Waals surface area contributed by atoms with Crippen LogP contribution in [0.3, 0.4) is 0 Å². The van der Waals surface area contributed by atoms with Gasteiger partial charge in [-0.1, -0.05) is 29.3 Å². The summed E-state index contributed by atoms with van der Waals surface area (Å²) in [4.78, 5) is 2.23. The van der Waals surface area contributed by atoms with Crippen LogP contribution in [0.4, 0.5) is 5.69 Å². The van der Waals surface area contributed by atoms with Gasteiger partial charge in [-0.25, -0.2) is 8.42 Å². The fourth-order valence-corrected chi connectivity index (χ4v) is 4.88. The van der Waals surface area contributed by atoms with Crippen molar-refractivity contribution in [3.8, 4) is 0 Å². The second-order valence-electron chi connectivity index (χ2n) is 7.14. The van der Waals surface area contributed by atoms with Crippen LogP contribution in [0.25, 0.3) is 0 Å². The molecule has 8 heteroatoms. The second-order valence-corrected chi connectivity index (χ2v) is 9.99. The minimum absolute atomic E-state index is 0.0541. The van der Waals surface area contributed by atoms with Gasteiger partial charge < -0.3 is 4.90 Å². The molecule has 0 saturated carbocycles. The van der Waals surface area contributed by atoms with Crippen LogP contribution in [0.1, 0.15) is 18.9 Å². The second kappa shape index (κ2) is 8.41. The first-order chi connectivity index (χ1) is 13.2. The minimum atomic E-state index is -3.33. The van der Waals surface area contributed by atoms with Gasteiger partial charge in [-0.2, -0.15) is 5.10 Å². The number of anilines is 1. The average Bonchev–Trinajstić information content (AvgIpc) is 3.14. The first-order valence-electron chi connectivity index (χ1n) is 8.97. The van der Waals surface area contributed by atoms with Gasteiger partial charge in [0.05, 0.1) is 32.1 Å². The topological polar surface area (TPSA) is 53.0 Å². The number of nitrogens with zero attached hydrogens (tertiary/aromatic N) is 3. The molecule has 0 saturated heterocycles. The number of halogens is 2. The maximum absolute atomic E-state index is 12.6. The summed E-state index contributed by atoms with van der Waals surface area (Å²) in [5.41, 5.74) is 2.72. The van der Waals surface area contributed by atoms with Crippen LogP contribution in [0.2, 0.25) is 10.0 Å². The Labute approximate surface area is 176 Å². The first kappa shape index (κ1) is 21.1. The van der Waals surface area contributed by atoms with Gasteiger partial charge in [-0.3, -0.25) is 5.01 Å². The zero-order valence-corrected chi connectivity index (χ0v) is 18.4. The largest absolute Gasteiger partial charge is 0.306 e. The van der Waals surface area contributed by atoms with Crippen LogP contribution >= 0.6 is 23.2 Å². The van der Waals surface area contributed by atoms with Crippen molar-refractivity contribution in [3.63, 3.8) is 0 Å². The van der Waals surface area contributed by atoms with E-state index in [0.29, 0.717) is 14.9 Å². The van der Waals surface area contributed by atoms with Crippen LogP contribution in [-0.2, 0) is 9.84 Å². The molecule has 5 nitrogen and oxygen atoms in total. The Morgan fingerprint density at radius 2 is 1.79 bits per heavy atom. The van der Waals surface area contributed by atoms with Crippen molar-refractivity contribution >= 4 is 44.4 Å². The van der Waals surface area contributed by atoms with E-state index < -0.39 is 9.84 Å². The Kier molecular flexibility index (Phi) is 6.34. The van der Waals surface area contributed by atoms with E-state index in [1.807, 2.05) is 43.1 Å². The fourth-order valence-electron chi connectivity index (χ4n) is 2.91. The zero-order chi connectivity index (χ0) is 20.5. The molecule has 1 aliphatic heterocycles. The monoisotopic (exact) mass is 439 g/mol. The number of hydrazone groups is 1. The molecule has 1 aliphatic rings. The van der Waals surface area contributed by atoms with Crippen LogP contribution < -0.4 is 5.01 Å². The highest BCUT2D eigenvalue weighted by Gasteiger charge is 2.21. The van der Waals surface area contributed by atoms with Gasteiger partial charge >= 0.3 is 0 Å². The zero-order valence-electron chi connectivity index (χ0n) is 16.1. The molecule has 0 amide bonds. The summed E-state index contributed by atoms with van der Waals surface area (Å²) < 4.78 is 25.2. The summed E-state index contributed by atoms with van der Waals surface area (Å²) in [6.45, 7) is 2.62. The summed E-state index contributed by atoms with van der Waals surface area (Å²) in [7, 11) is 0.420. The molecule has 1 heterocycles. The Balaban J connectivity index is 1.77. The molecule has 0 aromatic heterocycles. The third-order valence-corrected chi connectivity index (χ3v) is 7.54. The molecule has 1 unspecified atom stereocenters. The highest BCUT2D eigenvalue weighted by molar-refractivity contribution is 7.91. The standard InChI is InChI=1S/C20H23Cl2N3O2S/c1-14(24(2)3)13-28(26,27)17-7-5-16(6-8-17)25-11-10-20(23-25)15-4-9-18(21)19(22)12-15/h4-9,12,14H,10-11,13H2,1-3H3. The molecule has 1 atom stereocenters. The van der Waals surface area contributed by atoms with Gasteiger partial charge in [0.15, 0.2) is 9.84 Å². The summed E-state index contributed by atoms with van der Waals surface area (Å²) in [5, 5.41) is 7.54. The third-order valence-electron chi connectivity index (χ3n) is 4.89. The molecule has 0 fully saturated rings. The van der Waals surface area contributed by atoms with E-state index >= 15 is 0 Å². The first-order valence-corrected chi connectivity index (χ1v) is 11.4. The number of sulfone groups is 1. The summed E-state index contributed by atoms with van der Waals surface area (Å²) in [6.07, 6.45) is 0.776. The minimum Gasteiger partial charge on any atom is -0.306 e.